The van der Waals surface area contributed by atoms with Crippen LogP contribution in [0.15, 0.2) is 48.5 Å². The number of hydrogen-bond acceptors (Lipinski definition) is 2. The van der Waals surface area contributed by atoms with Crippen molar-refractivity contribution in [3.63, 3.8) is 0 Å². The predicted molar refractivity (Wildman–Crippen MR) is 84.4 cm³/mol. The van der Waals surface area contributed by atoms with Gasteiger partial charge in [-0.1, -0.05) is 30.3 Å². The zero-order valence-electron chi connectivity index (χ0n) is 13.6. The Hall–Kier alpha value is -2.69. The molecule has 0 amide bonds. The fraction of sp³-hybridized carbons (Fsp3) is 0.278. The Kier molecular flexibility index (Phi) is 5.50. The van der Waals surface area contributed by atoms with Crippen LogP contribution in [0.3, 0.4) is 0 Å². The molecule has 0 heterocycles. The molecule has 0 aliphatic heterocycles. The fourth-order valence-corrected chi connectivity index (χ4v) is 2.60. The fourth-order valence-electron chi connectivity index (χ4n) is 2.60. The van der Waals surface area contributed by atoms with Gasteiger partial charge in [0.2, 0.25) is 0 Å². The number of anilines is 1. The van der Waals surface area contributed by atoms with E-state index in [-0.39, 0.29) is 5.69 Å². The largest absolute Gasteiger partial charge is 0.417 e. The lowest BCUT2D eigenvalue weighted by Crippen LogP contribution is -2.36. The highest BCUT2D eigenvalue weighted by Crippen LogP contribution is 2.37. The minimum Gasteiger partial charge on any atom is -0.356 e. The van der Waals surface area contributed by atoms with Gasteiger partial charge < -0.3 is 4.90 Å². The molecule has 26 heavy (non-hydrogen) atoms. The average Bonchev–Trinajstić information content (AvgIpc) is 2.58. The first-order valence-electron chi connectivity index (χ1n) is 7.52. The molecule has 2 nitrogen and oxygen atoms in total. The molecule has 0 spiro atoms. The molecule has 0 saturated carbocycles. The van der Waals surface area contributed by atoms with Crippen molar-refractivity contribution < 1.29 is 26.3 Å². The Morgan fingerprint density at radius 2 is 1.62 bits per heavy atom. The first-order valence-corrected chi connectivity index (χ1v) is 7.52. The lowest BCUT2D eigenvalue weighted by molar-refractivity contribution is -0.137. The lowest BCUT2D eigenvalue weighted by atomic mass is 10.0. The summed E-state index contributed by atoms with van der Waals surface area (Å²) in [5, 5.41) is 8.84. The molecule has 2 aromatic rings. The maximum atomic E-state index is 13.1. The normalized spacial score (nSPS) is 13.2. The van der Waals surface area contributed by atoms with Gasteiger partial charge in [-0.2, -0.15) is 31.6 Å². The van der Waals surface area contributed by atoms with Gasteiger partial charge in [-0.15, -0.1) is 0 Å². The molecule has 0 radical (unpaired) electrons. The SMILES string of the molecule is CC(c1ccccc1)N(CC(F)(F)F)c1ccc(C#N)c(C(F)(F)F)c1. The number of nitriles is 1. The molecule has 0 aromatic heterocycles. The Labute approximate surface area is 146 Å². The van der Waals surface area contributed by atoms with Gasteiger partial charge in [0.15, 0.2) is 0 Å². The van der Waals surface area contributed by atoms with Gasteiger partial charge in [0.25, 0.3) is 0 Å². The maximum absolute atomic E-state index is 13.1. The monoisotopic (exact) mass is 372 g/mol. The highest BCUT2D eigenvalue weighted by molar-refractivity contribution is 5.56. The summed E-state index contributed by atoms with van der Waals surface area (Å²) in [4.78, 5) is 0.839. The molecule has 1 atom stereocenters. The highest BCUT2D eigenvalue weighted by atomic mass is 19.4. The van der Waals surface area contributed by atoms with Crippen molar-refractivity contribution >= 4 is 5.69 Å². The van der Waals surface area contributed by atoms with Gasteiger partial charge in [0.05, 0.1) is 23.2 Å². The number of rotatable bonds is 4. The van der Waals surface area contributed by atoms with E-state index in [1.54, 1.807) is 30.3 Å². The van der Waals surface area contributed by atoms with Crippen LogP contribution in [0.25, 0.3) is 0 Å². The summed E-state index contributed by atoms with van der Waals surface area (Å²) in [6.07, 6.45) is -9.46. The molecule has 1 unspecified atom stereocenters. The smallest absolute Gasteiger partial charge is 0.356 e. The second-order valence-corrected chi connectivity index (χ2v) is 5.67. The highest BCUT2D eigenvalue weighted by Gasteiger charge is 2.37. The van der Waals surface area contributed by atoms with Gasteiger partial charge in [-0.25, -0.2) is 0 Å². The van der Waals surface area contributed by atoms with Gasteiger partial charge in [0, 0.05) is 5.69 Å². The van der Waals surface area contributed by atoms with Gasteiger partial charge in [0.1, 0.15) is 6.54 Å². The van der Waals surface area contributed by atoms with E-state index in [2.05, 4.69) is 0 Å². The van der Waals surface area contributed by atoms with Crippen molar-refractivity contribution in [1.82, 2.24) is 0 Å². The molecule has 0 bridgehead atoms. The van der Waals surface area contributed by atoms with Crippen molar-refractivity contribution in [3.05, 3.63) is 65.2 Å². The van der Waals surface area contributed by atoms with E-state index in [0.29, 0.717) is 11.6 Å². The molecule has 0 aliphatic rings. The quantitative estimate of drug-likeness (QED) is 0.643. The molecule has 0 saturated heterocycles. The lowest BCUT2D eigenvalue weighted by Gasteiger charge is -2.33. The zero-order valence-corrected chi connectivity index (χ0v) is 13.6. The van der Waals surface area contributed by atoms with Crippen LogP contribution in [0.2, 0.25) is 0 Å². The minimum absolute atomic E-state index is 0.259. The van der Waals surface area contributed by atoms with Gasteiger partial charge >= 0.3 is 12.4 Å². The molecule has 2 aromatic carbocycles. The van der Waals surface area contributed by atoms with Crippen LogP contribution in [0, 0.1) is 11.3 Å². The van der Waals surface area contributed by atoms with Crippen molar-refractivity contribution in [2.45, 2.75) is 25.3 Å². The second kappa shape index (κ2) is 7.28. The number of benzene rings is 2. The molecule has 0 N–H and O–H groups in total. The summed E-state index contributed by atoms with van der Waals surface area (Å²) >= 11 is 0. The molecule has 138 valence electrons. The van der Waals surface area contributed by atoms with Crippen molar-refractivity contribution in [2.75, 3.05) is 11.4 Å². The van der Waals surface area contributed by atoms with Gasteiger partial charge in [-0.3, -0.25) is 0 Å². The van der Waals surface area contributed by atoms with Crippen molar-refractivity contribution in [1.29, 1.82) is 5.26 Å². The summed E-state index contributed by atoms with van der Waals surface area (Å²) < 4.78 is 78.5. The van der Waals surface area contributed by atoms with Crippen LogP contribution in [0.1, 0.15) is 29.7 Å². The number of hydrogen-bond donors (Lipinski definition) is 0. The molecule has 0 fully saturated rings. The molecule has 2 rings (SSSR count). The van der Waals surface area contributed by atoms with E-state index < -0.39 is 36.1 Å². The molecule has 0 aliphatic carbocycles. The minimum atomic E-state index is -4.85. The number of nitrogens with zero attached hydrogens (tertiary/aromatic N) is 2. The van der Waals surface area contributed by atoms with Crippen molar-refractivity contribution in [2.24, 2.45) is 0 Å². The van der Waals surface area contributed by atoms with Gasteiger partial charge in [-0.05, 0) is 30.7 Å². The Morgan fingerprint density at radius 1 is 1.00 bits per heavy atom. The van der Waals surface area contributed by atoms with Crippen LogP contribution in [-0.4, -0.2) is 12.7 Å². The van der Waals surface area contributed by atoms with E-state index >= 15 is 0 Å². The molecular weight excluding hydrogens is 358 g/mol. The topological polar surface area (TPSA) is 27.0 Å². The third kappa shape index (κ3) is 4.69. The Morgan fingerprint density at radius 3 is 2.12 bits per heavy atom. The third-order valence-corrected chi connectivity index (χ3v) is 3.86. The summed E-state index contributed by atoms with van der Waals surface area (Å²) in [6.45, 7) is 0.0544. The van der Waals surface area contributed by atoms with Crippen LogP contribution in [0.5, 0.6) is 0 Å². The van der Waals surface area contributed by atoms with Crippen molar-refractivity contribution in [3.8, 4) is 6.07 Å². The Bertz CT molecular complexity index is 790. The first kappa shape index (κ1) is 19.6. The van der Waals surface area contributed by atoms with Crippen LogP contribution < -0.4 is 4.90 Å². The Balaban J connectivity index is 2.54. The van der Waals surface area contributed by atoms with Crippen LogP contribution >= 0.6 is 0 Å². The van der Waals surface area contributed by atoms with E-state index in [1.165, 1.54) is 13.0 Å². The zero-order chi connectivity index (χ0) is 19.5. The van der Waals surface area contributed by atoms with E-state index in [4.69, 9.17) is 5.26 Å². The van der Waals surface area contributed by atoms with E-state index in [0.717, 1.165) is 17.0 Å². The van der Waals surface area contributed by atoms with Crippen LogP contribution in [0.4, 0.5) is 32.0 Å². The molecule has 8 heteroatoms. The number of halogens is 6. The summed E-state index contributed by atoms with van der Waals surface area (Å²) in [5.74, 6) is 0. The molecular formula is C18H14F6N2. The van der Waals surface area contributed by atoms with E-state index in [1.807, 2.05) is 0 Å². The second-order valence-electron chi connectivity index (χ2n) is 5.67. The van der Waals surface area contributed by atoms with E-state index in [9.17, 15) is 26.3 Å². The summed E-state index contributed by atoms with van der Waals surface area (Å²) in [7, 11) is 0. The first-order chi connectivity index (χ1) is 12.0. The summed E-state index contributed by atoms with van der Waals surface area (Å²) in [6, 6.07) is 11.3. The predicted octanol–water partition coefficient (Wildman–Crippen LogP) is 5.71. The average molecular weight is 372 g/mol. The number of alkyl halides is 6. The van der Waals surface area contributed by atoms with Crippen LogP contribution in [-0.2, 0) is 6.18 Å². The third-order valence-electron chi connectivity index (χ3n) is 3.86. The standard InChI is InChI=1S/C18H14F6N2/c1-12(13-5-3-2-4-6-13)26(11-17(19,20)21)15-8-7-14(10-25)16(9-15)18(22,23)24/h2-9,12H,11H2,1H3. The summed E-state index contributed by atoms with van der Waals surface area (Å²) in [5.41, 5.74) is -1.63. The maximum Gasteiger partial charge on any atom is 0.417 e.